The van der Waals surface area contributed by atoms with Gasteiger partial charge in [0, 0.05) is 17.9 Å². The first-order valence-electron chi connectivity index (χ1n) is 7.83. The van der Waals surface area contributed by atoms with Crippen LogP contribution in [-0.2, 0) is 15.9 Å². The number of thioether (sulfide) groups is 1. The van der Waals surface area contributed by atoms with Gasteiger partial charge in [0.05, 0.1) is 9.81 Å². The molecule has 132 valence electrons. The molecule has 1 heterocycles. The lowest BCUT2D eigenvalue weighted by Gasteiger charge is -2.09. The van der Waals surface area contributed by atoms with Crippen molar-refractivity contribution in [3.05, 3.63) is 57.9 Å². The van der Waals surface area contributed by atoms with Crippen molar-refractivity contribution in [1.82, 2.24) is 5.32 Å². The van der Waals surface area contributed by atoms with E-state index < -0.39 is 11.1 Å². The molecule has 2 aliphatic rings. The Morgan fingerprint density at radius 1 is 1.42 bits per heavy atom. The Kier molecular flexibility index (Phi) is 6.09. The van der Waals surface area contributed by atoms with E-state index >= 15 is 0 Å². The van der Waals surface area contributed by atoms with Gasteiger partial charge in [-0.15, -0.1) is 0 Å². The second kappa shape index (κ2) is 8.49. The van der Waals surface area contributed by atoms with Gasteiger partial charge in [0.25, 0.3) is 5.91 Å². The maximum atomic E-state index is 12.6. The van der Waals surface area contributed by atoms with E-state index in [4.69, 9.17) is 16.4 Å². The van der Waals surface area contributed by atoms with Crippen LogP contribution in [0, 0.1) is 17.8 Å². The Bertz CT molecular complexity index is 935. The lowest BCUT2D eigenvalue weighted by Crippen LogP contribution is -2.17. The number of rotatable bonds is 4. The van der Waals surface area contributed by atoms with Gasteiger partial charge in [-0.3, -0.25) is 4.79 Å². The Balaban J connectivity index is 1.83. The SMILES string of the molecule is CC1C#CC/C=C(S(=O)Oc2ccccc2/C=C2\SC(=S)NC2=O)\C=C/1. The third-order valence-corrected chi connectivity index (χ3v) is 5.67. The van der Waals surface area contributed by atoms with Gasteiger partial charge < -0.3 is 9.50 Å². The van der Waals surface area contributed by atoms with Crippen LogP contribution in [0.25, 0.3) is 6.08 Å². The van der Waals surface area contributed by atoms with E-state index in [1.807, 2.05) is 19.1 Å². The number of para-hydroxylation sites is 1. The number of carbonyl (C=O) groups is 1. The summed E-state index contributed by atoms with van der Waals surface area (Å²) in [5, 5.41) is 2.57. The van der Waals surface area contributed by atoms with Crippen LogP contribution < -0.4 is 9.50 Å². The van der Waals surface area contributed by atoms with Gasteiger partial charge in [-0.05, 0) is 25.1 Å². The van der Waals surface area contributed by atoms with Crippen LogP contribution in [0.2, 0.25) is 0 Å². The molecule has 1 aromatic rings. The highest BCUT2D eigenvalue weighted by molar-refractivity contribution is 8.26. The van der Waals surface area contributed by atoms with Crippen LogP contribution >= 0.6 is 24.0 Å². The minimum absolute atomic E-state index is 0.106. The summed E-state index contributed by atoms with van der Waals surface area (Å²) in [5.74, 6) is 6.38. The molecule has 1 N–H and O–H groups in total. The van der Waals surface area contributed by atoms with Crippen molar-refractivity contribution in [2.24, 2.45) is 5.92 Å². The Morgan fingerprint density at radius 2 is 2.23 bits per heavy atom. The van der Waals surface area contributed by atoms with Gasteiger partial charge in [0.2, 0.25) is 11.1 Å². The van der Waals surface area contributed by atoms with Crippen molar-refractivity contribution in [2.45, 2.75) is 13.3 Å². The van der Waals surface area contributed by atoms with Crippen molar-refractivity contribution >= 4 is 51.4 Å². The average Bonchev–Trinajstić information content (AvgIpc) is 2.90. The lowest BCUT2D eigenvalue weighted by molar-refractivity contribution is -0.115. The normalized spacial score (nSPS) is 25.2. The Labute approximate surface area is 164 Å². The third kappa shape index (κ3) is 4.73. The minimum Gasteiger partial charge on any atom is -0.396 e. The highest BCUT2D eigenvalue weighted by Gasteiger charge is 2.22. The summed E-state index contributed by atoms with van der Waals surface area (Å²) in [6.07, 6.45) is 7.69. The molecule has 1 aliphatic carbocycles. The van der Waals surface area contributed by atoms with Crippen LogP contribution in [0.15, 0.2) is 52.3 Å². The van der Waals surface area contributed by atoms with Gasteiger partial charge >= 0.3 is 0 Å². The topological polar surface area (TPSA) is 55.4 Å². The van der Waals surface area contributed by atoms with Gasteiger partial charge in [-0.2, -0.15) is 0 Å². The van der Waals surface area contributed by atoms with Crippen molar-refractivity contribution < 1.29 is 13.2 Å². The van der Waals surface area contributed by atoms with Crippen LogP contribution in [-0.4, -0.2) is 14.4 Å². The van der Waals surface area contributed by atoms with Crippen molar-refractivity contribution in [1.29, 1.82) is 0 Å². The molecule has 3 rings (SSSR count). The number of amides is 1. The fraction of sp³-hybridized carbons (Fsp3) is 0.158. The maximum absolute atomic E-state index is 12.6. The number of thiocarbonyl (C=S) groups is 1. The standard InChI is InChI=1S/C19H15NO3S3/c1-13-6-2-4-8-15(11-10-13)26(22)23-16-9-5-3-7-14(16)12-17-18(21)20-19(24)25-17/h3,5,7-13H,4H2,1H3,(H,20,21,24)/b11-10-,15-8+,17-12-. The maximum Gasteiger partial charge on any atom is 0.263 e. The number of hydrogen-bond acceptors (Lipinski definition) is 5. The zero-order valence-corrected chi connectivity index (χ0v) is 16.3. The predicted octanol–water partition coefficient (Wildman–Crippen LogP) is 3.70. The van der Waals surface area contributed by atoms with Crippen LogP contribution in [0.5, 0.6) is 5.75 Å². The Morgan fingerprint density at radius 3 is 3.00 bits per heavy atom. The predicted molar refractivity (Wildman–Crippen MR) is 110 cm³/mol. The first kappa shape index (κ1) is 18.6. The van der Waals surface area contributed by atoms with Crippen LogP contribution in [0.3, 0.4) is 0 Å². The van der Waals surface area contributed by atoms with Crippen molar-refractivity contribution in [3.8, 4) is 17.6 Å². The Hall–Kier alpha value is -2.14. The highest BCUT2D eigenvalue weighted by atomic mass is 32.2. The molecule has 7 heteroatoms. The van der Waals surface area contributed by atoms with E-state index in [1.165, 1.54) is 11.8 Å². The number of nitrogens with one attached hydrogen (secondary N) is 1. The minimum atomic E-state index is -1.68. The molecule has 0 spiro atoms. The summed E-state index contributed by atoms with van der Waals surface area (Å²) in [5.41, 5.74) is 0.659. The van der Waals surface area contributed by atoms with Gasteiger partial charge in [0.15, 0.2) is 0 Å². The monoisotopic (exact) mass is 401 g/mol. The van der Waals surface area contributed by atoms with Gasteiger partial charge in [-0.1, -0.05) is 66.2 Å². The first-order valence-corrected chi connectivity index (χ1v) is 10.1. The van der Waals surface area contributed by atoms with Gasteiger partial charge in [-0.25, -0.2) is 4.21 Å². The quantitative estimate of drug-likeness (QED) is 0.474. The number of hydrogen-bond donors (Lipinski definition) is 1. The molecule has 2 atom stereocenters. The number of allylic oxidation sites excluding steroid dienone is 3. The molecule has 0 aromatic heterocycles. The molecule has 1 aliphatic heterocycles. The van der Waals surface area contributed by atoms with E-state index in [9.17, 15) is 9.00 Å². The molecule has 2 unspecified atom stereocenters. The molecule has 0 saturated carbocycles. The zero-order valence-electron chi connectivity index (χ0n) is 13.9. The molecule has 1 fully saturated rings. The largest absolute Gasteiger partial charge is 0.396 e. The summed E-state index contributed by atoms with van der Waals surface area (Å²) < 4.78 is 18.7. The third-order valence-electron chi connectivity index (χ3n) is 3.49. The second-order valence-electron chi connectivity index (χ2n) is 5.49. The fourth-order valence-corrected chi connectivity index (χ4v) is 4.07. The molecule has 26 heavy (non-hydrogen) atoms. The van der Waals surface area contributed by atoms with E-state index in [0.29, 0.717) is 31.9 Å². The molecule has 1 amide bonds. The summed E-state index contributed by atoms with van der Waals surface area (Å²) in [7, 11) is 0. The lowest BCUT2D eigenvalue weighted by atomic mass is 10.1. The van der Waals surface area contributed by atoms with Crippen molar-refractivity contribution in [3.63, 3.8) is 0 Å². The van der Waals surface area contributed by atoms with E-state index in [2.05, 4.69) is 17.2 Å². The van der Waals surface area contributed by atoms with Crippen molar-refractivity contribution in [2.75, 3.05) is 0 Å². The molecule has 1 saturated heterocycles. The van der Waals surface area contributed by atoms with Crippen LogP contribution in [0.1, 0.15) is 18.9 Å². The summed E-state index contributed by atoms with van der Waals surface area (Å²) >= 11 is 4.51. The van der Waals surface area contributed by atoms with E-state index in [1.54, 1.807) is 36.4 Å². The van der Waals surface area contributed by atoms with E-state index in [-0.39, 0.29) is 11.8 Å². The van der Waals surface area contributed by atoms with E-state index in [0.717, 1.165) is 0 Å². The average molecular weight is 402 g/mol. The number of benzene rings is 1. The summed E-state index contributed by atoms with van der Waals surface area (Å²) in [6, 6.07) is 7.13. The van der Waals surface area contributed by atoms with Crippen LogP contribution in [0.4, 0.5) is 0 Å². The van der Waals surface area contributed by atoms with Gasteiger partial charge in [0.1, 0.15) is 10.1 Å². The molecule has 1 aromatic carbocycles. The fourth-order valence-electron chi connectivity index (χ4n) is 2.22. The number of carbonyl (C=O) groups excluding carboxylic acids is 1. The summed E-state index contributed by atoms with van der Waals surface area (Å²) in [4.78, 5) is 12.9. The molecule has 0 radical (unpaired) electrons. The first-order chi connectivity index (χ1) is 12.5. The highest BCUT2D eigenvalue weighted by Crippen LogP contribution is 2.30. The molecular formula is C19H15NO3S3. The summed E-state index contributed by atoms with van der Waals surface area (Å²) in [6.45, 7) is 1.98. The zero-order chi connectivity index (χ0) is 18.5. The second-order valence-corrected chi connectivity index (χ2v) is 8.31. The molecule has 0 bridgehead atoms. The molecule has 4 nitrogen and oxygen atoms in total. The smallest absolute Gasteiger partial charge is 0.263 e. The molecular weight excluding hydrogens is 386 g/mol.